The lowest BCUT2D eigenvalue weighted by atomic mass is 10.0. The second-order valence-corrected chi connectivity index (χ2v) is 7.62. The van der Waals surface area contributed by atoms with Crippen LogP contribution in [0.25, 0.3) is 5.57 Å². The van der Waals surface area contributed by atoms with Gasteiger partial charge in [0.1, 0.15) is 11.5 Å². The Hall–Kier alpha value is -2.74. The molecule has 6 nitrogen and oxygen atoms in total. The molecule has 156 valence electrons. The van der Waals surface area contributed by atoms with Gasteiger partial charge in [0.05, 0.1) is 17.9 Å². The lowest BCUT2D eigenvalue weighted by molar-refractivity contribution is -0.120. The number of halogens is 2. The lowest BCUT2D eigenvalue weighted by Crippen LogP contribution is -2.48. The molecule has 2 aliphatic rings. The molecule has 0 saturated carbocycles. The number of hydrogen-bond acceptors (Lipinski definition) is 5. The number of carbonyl (C=O) groups is 2. The number of carbonyl (C=O) groups excluding carboxylic acids is 2. The summed E-state index contributed by atoms with van der Waals surface area (Å²) in [4.78, 5) is 31.6. The van der Waals surface area contributed by atoms with Crippen LogP contribution in [0.4, 0.5) is 10.1 Å². The van der Waals surface area contributed by atoms with E-state index in [-0.39, 0.29) is 23.6 Å². The van der Waals surface area contributed by atoms with Crippen LogP contribution >= 0.6 is 11.6 Å². The third-order valence-corrected chi connectivity index (χ3v) is 5.64. The Bertz CT molecular complexity index is 1000. The van der Waals surface area contributed by atoms with Gasteiger partial charge in [0.2, 0.25) is 0 Å². The number of β-amino-alcohol motifs (C(OH)–C–C–N with tert-alkyl or cyclic N) is 1. The SMILES string of the molecule is O=C1C(c2ccc(Cl)cc2)=C(N2CCN(CCO)CC2)C(=O)N1c1ccccc1F. The zero-order valence-electron chi connectivity index (χ0n) is 16.2. The van der Waals surface area contributed by atoms with Crippen molar-refractivity contribution >= 4 is 34.7 Å². The molecule has 2 heterocycles. The summed E-state index contributed by atoms with van der Waals surface area (Å²) in [5, 5.41) is 9.67. The number of imide groups is 1. The molecule has 30 heavy (non-hydrogen) atoms. The molecule has 2 aromatic rings. The second kappa shape index (κ2) is 8.55. The predicted octanol–water partition coefficient (Wildman–Crippen LogP) is 2.37. The molecule has 4 rings (SSSR count). The second-order valence-electron chi connectivity index (χ2n) is 7.18. The number of benzene rings is 2. The van der Waals surface area contributed by atoms with Crippen molar-refractivity contribution in [3.63, 3.8) is 0 Å². The maximum absolute atomic E-state index is 14.4. The number of para-hydroxylation sites is 1. The Morgan fingerprint density at radius 1 is 0.933 bits per heavy atom. The first-order valence-corrected chi connectivity index (χ1v) is 10.1. The number of amides is 2. The van der Waals surface area contributed by atoms with E-state index < -0.39 is 17.6 Å². The van der Waals surface area contributed by atoms with Crippen molar-refractivity contribution in [2.75, 3.05) is 44.2 Å². The first-order valence-electron chi connectivity index (χ1n) is 9.73. The van der Waals surface area contributed by atoms with E-state index in [1.54, 1.807) is 30.3 Å². The van der Waals surface area contributed by atoms with Gasteiger partial charge in [0, 0.05) is 37.7 Å². The highest BCUT2D eigenvalue weighted by molar-refractivity contribution is 6.45. The average molecular weight is 430 g/mol. The summed E-state index contributed by atoms with van der Waals surface area (Å²) >= 11 is 6.00. The highest BCUT2D eigenvalue weighted by atomic mass is 35.5. The van der Waals surface area contributed by atoms with Crippen LogP contribution in [-0.4, -0.2) is 66.1 Å². The zero-order chi connectivity index (χ0) is 21.3. The van der Waals surface area contributed by atoms with E-state index in [4.69, 9.17) is 16.7 Å². The fourth-order valence-electron chi connectivity index (χ4n) is 3.88. The molecule has 1 saturated heterocycles. The van der Waals surface area contributed by atoms with Crippen molar-refractivity contribution in [2.45, 2.75) is 0 Å². The minimum atomic E-state index is -0.635. The number of rotatable bonds is 5. The molecule has 2 aromatic carbocycles. The van der Waals surface area contributed by atoms with Crippen LogP contribution < -0.4 is 4.90 Å². The number of aliphatic hydroxyl groups is 1. The molecule has 0 unspecified atom stereocenters. The Morgan fingerprint density at radius 2 is 1.60 bits per heavy atom. The summed E-state index contributed by atoms with van der Waals surface area (Å²) in [7, 11) is 0. The van der Waals surface area contributed by atoms with Crippen LogP contribution in [0.5, 0.6) is 0 Å². The monoisotopic (exact) mass is 429 g/mol. The van der Waals surface area contributed by atoms with Gasteiger partial charge in [0.15, 0.2) is 0 Å². The number of hydrogen-bond donors (Lipinski definition) is 1. The molecule has 2 amide bonds. The summed E-state index contributed by atoms with van der Waals surface area (Å²) in [6.45, 7) is 2.98. The number of anilines is 1. The molecule has 0 atom stereocenters. The average Bonchev–Trinajstić information content (AvgIpc) is 3.00. The summed E-state index contributed by atoms with van der Waals surface area (Å²) in [5.74, 6) is -1.73. The van der Waals surface area contributed by atoms with E-state index in [9.17, 15) is 14.0 Å². The molecular formula is C22H21ClFN3O3. The number of aliphatic hydroxyl groups excluding tert-OH is 1. The van der Waals surface area contributed by atoms with Gasteiger partial charge in [-0.2, -0.15) is 0 Å². The van der Waals surface area contributed by atoms with Gasteiger partial charge < -0.3 is 10.0 Å². The van der Waals surface area contributed by atoms with Crippen molar-refractivity contribution in [3.8, 4) is 0 Å². The molecular weight excluding hydrogens is 409 g/mol. The van der Waals surface area contributed by atoms with Gasteiger partial charge in [-0.3, -0.25) is 14.5 Å². The first kappa shape index (κ1) is 20.5. The van der Waals surface area contributed by atoms with Gasteiger partial charge >= 0.3 is 0 Å². The van der Waals surface area contributed by atoms with E-state index in [1.807, 2.05) is 4.90 Å². The van der Waals surface area contributed by atoms with Gasteiger partial charge in [0.25, 0.3) is 11.8 Å². The molecule has 1 fully saturated rings. The Labute approximate surface area is 178 Å². The molecule has 1 N–H and O–H groups in total. The fourth-order valence-corrected chi connectivity index (χ4v) is 4.00. The van der Waals surface area contributed by atoms with Crippen molar-refractivity contribution in [1.82, 2.24) is 9.80 Å². The van der Waals surface area contributed by atoms with Crippen molar-refractivity contribution in [3.05, 3.63) is 70.6 Å². The van der Waals surface area contributed by atoms with E-state index in [2.05, 4.69) is 4.90 Å². The minimum absolute atomic E-state index is 0.0621. The lowest BCUT2D eigenvalue weighted by Gasteiger charge is -2.36. The number of nitrogens with zero attached hydrogens (tertiary/aromatic N) is 3. The molecule has 0 aromatic heterocycles. The Morgan fingerprint density at radius 3 is 2.23 bits per heavy atom. The van der Waals surface area contributed by atoms with Crippen molar-refractivity contribution in [1.29, 1.82) is 0 Å². The molecule has 0 spiro atoms. The third-order valence-electron chi connectivity index (χ3n) is 5.39. The van der Waals surface area contributed by atoms with Crippen LogP contribution in [0, 0.1) is 5.82 Å². The van der Waals surface area contributed by atoms with Crippen LogP contribution in [0.3, 0.4) is 0 Å². The quantitative estimate of drug-likeness (QED) is 0.739. The Kier molecular flexibility index (Phi) is 5.85. The maximum atomic E-state index is 14.4. The van der Waals surface area contributed by atoms with Crippen molar-refractivity contribution in [2.24, 2.45) is 0 Å². The molecule has 8 heteroatoms. The summed E-state index contributed by atoms with van der Waals surface area (Å²) in [5.41, 5.74) is 1.02. The largest absolute Gasteiger partial charge is 0.395 e. The first-order chi connectivity index (χ1) is 14.5. The van der Waals surface area contributed by atoms with E-state index >= 15 is 0 Å². The van der Waals surface area contributed by atoms with Gasteiger partial charge in [-0.05, 0) is 29.8 Å². The van der Waals surface area contributed by atoms with Crippen LogP contribution in [0.1, 0.15) is 5.56 Å². The predicted molar refractivity (Wildman–Crippen MR) is 112 cm³/mol. The van der Waals surface area contributed by atoms with E-state index in [0.717, 1.165) is 4.90 Å². The van der Waals surface area contributed by atoms with Crippen molar-refractivity contribution < 1.29 is 19.1 Å². The summed E-state index contributed by atoms with van der Waals surface area (Å²) < 4.78 is 14.4. The standard InChI is InChI=1S/C22H21ClFN3O3/c23-16-7-5-15(6-8-16)19-20(26-11-9-25(10-12-26)13-14-28)22(30)27(21(19)29)18-4-2-1-3-17(18)24/h1-8,28H,9-14H2. The van der Waals surface area contributed by atoms with Crippen LogP contribution in [-0.2, 0) is 9.59 Å². The van der Waals surface area contributed by atoms with Gasteiger partial charge in [-0.25, -0.2) is 9.29 Å². The highest BCUT2D eigenvalue weighted by Gasteiger charge is 2.43. The normalized spacial score (nSPS) is 18.0. The van der Waals surface area contributed by atoms with Crippen LogP contribution in [0.15, 0.2) is 54.2 Å². The third kappa shape index (κ3) is 3.71. The van der Waals surface area contributed by atoms with Crippen LogP contribution in [0.2, 0.25) is 5.02 Å². The molecule has 0 bridgehead atoms. The highest BCUT2D eigenvalue weighted by Crippen LogP contribution is 2.36. The van der Waals surface area contributed by atoms with Gasteiger partial charge in [-0.15, -0.1) is 0 Å². The molecule has 2 aliphatic heterocycles. The topological polar surface area (TPSA) is 64.1 Å². The van der Waals surface area contributed by atoms with E-state index in [1.165, 1.54) is 18.2 Å². The zero-order valence-corrected chi connectivity index (χ0v) is 17.0. The minimum Gasteiger partial charge on any atom is -0.395 e. The number of piperazine rings is 1. The Balaban J connectivity index is 1.75. The maximum Gasteiger partial charge on any atom is 0.282 e. The van der Waals surface area contributed by atoms with E-state index in [0.29, 0.717) is 43.3 Å². The smallest absolute Gasteiger partial charge is 0.282 e. The summed E-state index contributed by atoms with van der Waals surface area (Å²) in [6, 6.07) is 12.4. The van der Waals surface area contributed by atoms with Gasteiger partial charge in [-0.1, -0.05) is 35.9 Å². The summed E-state index contributed by atoms with van der Waals surface area (Å²) in [6.07, 6.45) is 0. The molecule has 0 aliphatic carbocycles. The molecule has 0 radical (unpaired) electrons. The fraction of sp³-hybridized carbons (Fsp3) is 0.273.